The van der Waals surface area contributed by atoms with E-state index in [1.165, 1.54) is 12.8 Å². The molecular weight excluding hydrogens is 162 g/mol. The van der Waals surface area contributed by atoms with Crippen LogP contribution < -0.4 is 5.32 Å². The molecule has 1 saturated carbocycles. The predicted molar refractivity (Wildman–Crippen MR) is 54.3 cm³/mol. The van der Waals surface area contributed by atoms with Gasteiger partial charge in [0, 0.05) is 6.04 Å². The molecule has 1 amide bonds. The van der Waals surface area contributed by atoms with Gasteiger partial charge in [-0.2, -0.15) is 0 Å². The molecule has 0 aromatic carbocycles. The van der Waals surface area contributed by atoms with E-state index >= 15 is 0 Å². The summed E-state index contributed by atoms with van der Waals surface area (Å²) in [5.74, 6) is 2.14. The second-order valence-electron chi connectivity index (χ2n) is 4.72. The smallest absolute Gasteiger partial charge is 0.207 e. The normalized spacial score (nSPS) is 34.6. The van der Waals surface area contributed by atoms with Crippen molar-refractivity contribution in [1.82, 2.24) is 5.32 Å². The summed E-state index contributed by atoms with van der Waals surface area (Å²) in [6, 6.07) is 0.418. The van der Waals surface area contributed by atoms with Crippen molar-refractivity contribution in [3.05, 3.63) is 0 Å². The van der Waals surface area contributed by atoms with Gasteiger partial charge in [0.2, 0.25) is 6.41 Å². The fourth-order valence-electron chi connectivity index (χ4n) is 2.48. The second kappa shape index (κ2) is 4.64. The molecule has 1 N–H and O–H groups in total. The van der Waals surface area contributed by atoms with E-state index in [2.05, 4.69) is 26.1 Å². The van der Waals surface area contributed by atoms with Crippen LogP contribution in [0.2, 0.25) is 0 Å². The minimum absolute atomic E-state index is 0.418. The van der Waals surface area contributed by atoms with Crippen molar-refractivity contribution in [3.63, 3.8) is 0 Å². The summed E-state index contributed by atoms with van der Waals surface area (Å²) in [7, 11) is 0. The second-order valence-corrected chi connectivity index (χ2v) is 4.72. The molecule has 0 aromatic rings. The first-order chi connectivity index (χ1) is 6.15. The maximum absolute atomic E-state index is 10.4. The Morgan fingerprint density at radius 2 is 2.08 bits per heavy atom. The lowest BCUT2D eigenvalue weighted by atomic mass is 9.74. The number of rotatable bonds is 3. The van der Waals surface area contributed by atoms with Crippen LogP contribution in [0.1, 0.15) is 40.0 Å². The molecule has 1 rings (SSSR count). The fraction of sp³-hybridized carbons (Fsp3) is 0.909. The van der Waals surface area contributed by atoms with Gasteiger partial charge < -0.3 is 5.32 Å². The first-order valence-corrected chi connectivity index (χ1v) is 5.34. The topological polar surface area (TPSA) is 29.1 Å². The van der Waals surface area contributed by atoms with Crippen LogP contribution in [0.5, 0.6) is 0 Å². The van der Waals surface area contributed by atoms with Crippen molar-refractivity contribution in [2.24, 2.45) is 17.8 Å². The number of nitrogens with one attached hydrogen (secondary N) is 1. The molecule has 2 nitrogen and oxygen atoms in total. The fourth-order valence-corrected chi connectivity index (χ4v) is 2.48. The molecule has 0 aromatic heterocycles. The highest BCUT2D eigenvalue weighted by Crippen LogP contribution is 2.33. The SMILES string of the molecule is CC(C)[C@H]1CC[C@H](C)C[C@H]1NC=O. The molecule has 0 saturated heterocycles. The molecule has 1 aliphatic rings. The van der Waals surface area contributed by atoms with E-state index in [0.29, 0.717) is 17.9 Å². The molecular formula is C11H21NO. The molecule has 0 radical (unpaired) electrons. The lowest BCUT2D eigenvalue weighted by molar-refractivity contribution is -0.111. The van der Waals surface area contributed by atoms with Crippen LogP contribution in [-0.2, 0) is 4.79 Å². The van der Waals surface area contributed by atoms with E-state index in [1.54, 1.807) is 0 Å². The molecule has 76 valence electrons. The van der Waals surface area contributed by atoms with Crippen molar-refractivity contribution < 1.29 is 4.79 Å². The lowest BCUT2D eigenvalue weighted by Crippen LogP contribution is -2.42. The summed E-state index contributed by atoms with van der Waals surface area (Å²) >= 11 is 0. The van der Waals surface area contributed by atoms with Gasteiger partial charge >= 0.3 is 0 Å². The minimum atomic E-state index is 0.418. The Bertz CT molecular complexity index is 167. The van der Waals surface area contributed by atoms with Gasteiger partial charge in [0.1, 0.15) is 0 Å². The van der Waals surface area contributed by atoms with E-state index in [4.69, 9.17) is 0 Å². The molecule has 2 heteroatoms. The van der Waals surface area contributed by atoms with Crippen LogP contribution in [-0.4, -0.2) is 12.5 Å². The Morgan fingerprint density at radius 3 is 2.62 bits per heavy atom. The molecule has 1 fully saturated rings. The maximum Gasteiger partial charge on any atom is 0.207 e. The van der Waals surface area contributed by atoms with E-state index in [0.717, 1.165) is 18.7 Å². The average Bonchev–Trinajstić information content (AvgIpc) is 2.04. The summed E-state index contributed by atoms with van der Waals surface area (Å²) in [6.45, 7) is 6.77. The Hall–Kier alpha value is -0.530. The summed E-state index contributed by atoms with van der Waals surface area (Å²) in [6.07, 6.45) is 4.60. The van der Waals surface area contributed by atoms with Gasteiger partial charge in [-0.15, -0.1) is 0 Å². The quantitative estimate of drug-likeness (QED) is 0.668. The van der Waals surface area contributed by atoms with Crippen LogP contribution in [0.4, 0.5) is 0 Å². The summed E-state index contributed by atoms with van der Waals surface area (Å²) in [4.78, 5) is 10.4. The van der Waals surface area contributed by atoms with Gasteiger partial charge in [0.05, 0.1) is 0 Å². The molecule has 1 aliphatic carbocycles. The first kappa shape index (κ1) is 10.6. The van der Waals surface area contributed by atoms with Gasteiger partial charge in [0.15, 0.2) is 0 Å². The van der Waals surface area contributed by atoms with Gasteiger partial charge in [-0.05, 0) is 30.6 Å². The van der Waals surface area contributed by atoms with Crippen molar-refractivity contribution in [1.29, 1.82) is 0 Å². The zero-order chi connectivity index (χ0) is 9.84. The lowest BCUT2D eigenvalue weighted by Gasteiger charge is -2.36. The van der Waals surface area contributed by atoms with E-state index in [-0.39, 0.29) is 0 Å². The number of amides is 1. The molecule has 3 atom stereocenters. The van der Waals surface area contributed by atoms with Crippen LogP contribution in [0.25, 0.3) is 0 Å². The zero-order valence-electron chi connectivity index (χ0n) is 8.92. The largest absolute Gasteiger partial charge is 0.356 e. The Morgan fingerprint density at radius 1 is 1.38 bits per heavy atom. The summed E-state index contributed by atoms with van der Waals surface area (Å²) in [5, 5.41) is 2.97. The van der Waals surface area contributed by atoms with E-state index in [1.807, 2.05) is 0 Å². The number of hydrogen-bond donors (Lipinski definition) is 1. The molecule has 0 spiro atoms. The van der Waals surface area contributed by atoms with Crippen LogP contribution in [0, 0.1) is 17.8 Å². The van der Waals surface area contributed by atoms with Gasteiger partial charge in [-0.3, -0.25) is 4.79 Å². The summed E-state index contributed by atoms with van der Waals surface area (Å²) in [5.41, 5.74) is 0. The minimum Gasteiger partial charge on any atom is -0.356 e. The number of carbonyl (C=O) groups excluding carboxylic acids is 1. The van der Waals surface area contributed by atoms with Crippen LogP contribution >= 0.6 is 0 Å². The van der Waals surface area contributed by atoms with Crippen molar-refractivity contribution in [2.75, 3.05) is 0 Å². The zero-order valence-corrected chi connectivity index (χ0v) is 8.92. The van der Waals surface area contributed by atoms with Gasteiger partial charge in [-0.25, -0.2) is 0 Å². The highest BCUT2D eigenvalue weighted by Gasteiger charge is 2.29. The van der Waals surface area contributed by atoms with Crippen LogP contribution in [0.15, 0.2) is 0 Å². The third kappa shape index (κ3) is 2.71. The first-order valence-electron chi connectivity index (χ1n) is 5.34. The Kier molecular flexibility index (Phi) is 3.76. The van der Waals surface area contributed by atoms with E-state index < -0.39 is 0 Å². The molecule has 0 bridgehead atoms. The average molecular weight is 183 g/mol. The standard InChI is InChI=1S/C11H21NO/c1-8(2)10-5-4-9(3)6-11(10)12-7-13/h7-11H,4-6H2,1-3H3,(H,12,13)/t9-,10+,11+/m0/s1. The Balaban J connectivity index is 2.54. The van der Waals surface area contributed by atoms with E-state index in [9.17, 15) is 4.79 Å². The highest BCUT2D eigenvalue weighted by molar-refractivity contribution is 5.46. The molecule has 0 aliphatic heterocycles. The van der Waals surface area contributed by atoms with Gasteiger partial charge in [0.25, 0.3) is 0 Å². The molecule has 0 heterocycles. The number of hydrogen-bond acceptors (Lipinski definition) is 1. The van der Waals surface area contributed by atoms with Crippen molar-refractivity contribution in [2.45, 2.75) is 46.1 Å². The third-order valence-corrected chi connectivity index (χ3v) is 3.30. The molecule has 13 heavy (non-hydrogen) atoms. The molecule has 0 unspecified atom stereocenters. The van der Waals surface area contributed by atoms with Crippen molar-refractivity contribution >= 4 is 6.41 Å². The maximum atomic E-state index is 10.4. The number of carbonyl (C=O) groups is 1. The highest BCUT2D eigenvalue weighted by atomic mass is 16.1. The predicted octanol–water partition coefficient (Wildman–Crippen LogP) is 2.19. The monoisotopic (exact) mass is 183 g/mol. The Labute approximate surface area is 81.1 Å². The van der Waals surface area contributed by atoms with Crippen LogP contribution in [0.3, 0.4) is 0 Å². The third-order valence-electron chi connectivity index (χ3n) is 3.30. The van der Waals surface area contributed by atoms with Crippen molar-refractivity contribution in [3.8, 4) is 0 Å². The summed E-state index contributed by atoms with van der Waals surface area (Å²) < 4.78 is 0. The van der Waals surface area contributed by atoms with Gasteiger partial charge in [-0.1, -0.05) is 27.2 Å².